The van der Waals surface area contributed by atoms with Gasteiger partial charge in [-0.1, -0.05) is 26.0 Å². The fourth-order valence-corrected chi connectivity index (χ4v) is 3.84. The summed E-state index contributed by atoms with van der Waals surface area (Å²) < 4.78 is 3.43. The number of hydrogen-bond acceptors (Lipinski definition) is 3. The number of para-hydroxylation sites is 1. The average Bonchev–Trinajstić information content (AvgIpc) is 3.08. The molecule has 0 saturated heterocycles. The lowest BCUT2D eigenvalue weighted by molar-refractivity contribution is 0.509. The van der Waals surface area contributed by atoms with Gasteiger partial charge in [-0.3, -0.25) is 0 Å². The van der Waals surface area contributed by atoms with E-state index in [0.717, 1.165) is 27.3 Å². The molecule has 0 aliphatic rings. The van der Waals surface area contributed by atoms with Gasteiger partial charge in [0.1, 0.15) is 11.1 Å². The van der Waals surface area contributed by atoms with Crippen LogP contribution in [0.2, 0.25) is 0 Å². The van der Waals surface area contributed by atoms with Crippen molar-refractivity contribution in [1.29, 1.82) is 5.26 Å². The number of hydrogen-bond donors (Lipinski definition) is 0. The molecule has 24 heavy (non-hydrogen) atoms. The van der Waals surface area contributed by atoms with Gasteiger partial charge in [0.15, 0.2) is 0 Å². The van der Waals surface area contributed by atoms with E-state index in [9.17, 15) is 5.26 Å². The third-order valence-electron chi connectivity index (χ3n) is 4.11. The molecule has 0 unspecified atom stereocenters. The van der Waals surface area contributed by atoms with Gasteiger partial charge in [-0.2, -0.15) is 5.26 Å². The van der Waals surface area contributed by atoms with Crippen molar-refractivity contribution in [3.63, 3.8) is 0 Å². The Balaban J connectivity index is 2.04. The molecule has 0 N–H and O–H groups in total. The van der Waals surface area contributed by atoms with Crippen molar-refractivity contribution in [2.75, 3.05) is 0 Å². The van der Waals surface area contributed by atoms with Crippen LogP contribution in [0.4, 0.5) is 0 Å². The van der Waals surface area contributed by atoms with E-state index in [1.54, 1.807) is 11.3 Å². The van der Waals surface area contributed by atoms with Crippen LogP contribution in [0, 0.1) is 31.1 Å². The molecular weight excluding hydrogens is 314 g/mol. The van der Waals surface area contributed by atoms with Gasteiger partial charge in [-0.05, 0) is 49.6 Å². The molecule has 2 heterocycles. The summed E-state index contributed by atoms with van der Waals surface area (Å²) in [4.78, 5) is 4.61. The molecule has 4 heteroatoms. The summed E-state index contributed by atoms with van der Waals surface area (Å²) >= 11 is 1.57. The fraction of sp³-hybridized carbons (Fsp3) is 0.300. The first kappa shape index (κ1) is 16.5. The summed E-state index contributed by atoms with van der Waals surface area (Å²) in [7, 11) is 0. The first-order valence-corrected chi connectivity index (χ1v) is 8.95. The highest BCUT2D eigenvalue weighted by Gasteiger charge is 2.12. The van der Waals surface area contributed by atoms with Crippen molar-refractivity contribution in [3.8, 4) is 6.07 Å². The van der Waals surface area contributed by atoms with Crippen LogP contribution in [0.5, 0.6) is 0 Å². The highest BCUT2D eigenvalue weighted by Crippen LogP contribution is 2.29. The molecule has 0 atom stereocenters. The minimum absolute atomic E-state index is 0.589. The van der Waals surface area contributed by atoms with Crippen LogP contribution >= 0.6 is 11.3 Å². The van der Waals surface area contributed by atoms with Crippen molar-refractivity contribution in [2.45, 2.75) is 34.2 Å². The number of rotatable bonds is 4. The Morgan fingerprint density at radius 2 is 2.08 bits per heavy atom. The van der Waals surface area contributed by atoms with E-state index in [-0.39, 0.29) is 0 Å². The van der Waals surface area contributed by atoms with E-state index in [1.807, 2.05) is 30.3 Å². The maximum absolute atomic E-state index is 9.62. The molecule has 3 nitrogen and oxygen atoms in total. The molecule has 122 valence electrons. The van der Waals surface area contributed by atoms with Gasteiger partial charge in [0.2, 0.25) is 0 Å². The smallest absolute Gasteiger partial charge is 0.135 e. The molecule has 0 fully saturated rings. The van der Waals surface area contributed by atoms with Crippen LogP contribution in [-0.4, -0.2) is 9.55 Å². The Kier molecular flexibility index (Phi) is 4.55. The maximum atomic E-state index is 9.62. The molecule has 0 spiro atoms. The van der Waals surface area contributed by atoms with Gasteiger partial charge in [-0.15, -0.1) is 11.3 Å². The van der Waals surface area contributed by atoms with E-state index in [2.05, 4.69) is 49.4 Å². The molecule has 0 aliphatic carbocycles. The van der Waals surface area contributed by atoms with Gasteiger partial charge in [0.25, 0.3) is 0 Å². The van der Waals surface area contributed by atoms with Crippen molar-refractivity contribution in [3.05, 3.63) is 52.3 Å². The Morgan fingerprint density at radius 3 is 2.75 bits per heavy atom. The zero-order chi connectivity index (χ0) is 17.3. The van der Waals surface area contributed by atoms with Crippen molar-refractivity contribution >= 4 is 33.2 Å². The highest BCUT2D eigenvalue weighted by molar-refractivity contribution is 7.19. The molecular formula is C20H21N3S. The Morgan fingerprint density at radius 1 is 1.33 bits per heavy atom. The summed E-state index contributed by atoms with van der Waals surface area (Å²) in [6, 6.07) is 12.5. The van der Waals surface area contributed by atoms with E-state index < -0.39 is 0 Å². The summed E-state index contributed by atoms with van der Waals surface area (Å²) in [6.45, 7) is 9.67. The second kappa shape index (κ2) is 6.62. The Labute approximate surface area is 146 Å². The van der Waals surface area contributed by atoms with E-state index >= 15 is 0 Å². The van der Waals surface area contributed by atoms with Gasteiger partial charge in [-0.25, -0.2) is 4.98 Å². The standard InChI is InChI=1S/C20H21N3S/c1-13(2)12-23-14(3)9-16(15(23)4)10-17(11-21)20-22-18-7-5-6-8-19(18)24-20/h5-10,13H,12H2,1-4H3/b17-10+. The number of allylic oxidation sites excluding steroid dienone is 1. The topological polar surface area (TPSA) is 41.6 Å². The molecule has 0 aliphatic heterocycles. The van der Waals surface area contributed by atoms with Crippen LogP contribution in [0.1, 0.15) is 35.8 Å². The Hall–Kier alpha value is -2.38. The fourth-order valence-electron chi connectivity index (χ4n) is 2.90. The summed E-state index contributed by atoms with van der Waals surface area (Å²) in [5, 5.41) is 10.4. The van der Waals surface area contributed by atoms with Crippen LogP contribution < -0.4 is 0 Å². The molecule has 3 rings (SSSR count). The van der Waals surface area contributed by atoms with Gasteiger partial charge < -0.3 is 4.57 Å². The van der Waals surface area contributed by atoms with Gasteiger partial charge in [0, 0.05) is 17.9 Å². The Bertz CT molecular complexity index is 918. The lowest BCUT2D eigenvalue weighted by Crippen LogP contribution is -2.07. The minimum Gasteiger partial charge on any atom is -0.348 e. The predicted molar refractivity (Wildman–Crippen MR) is 102 cm³/mol. The largest absolute Gasteiger partial charge is 0.348 e. The summed E-state index contributed by atoms with van der Waals surface area (Å²) in [5.41, 5.74) is 5.11. The second-order valence-corrected chi connectivity index (χ2v) is 7.52. The number of thiazole rings is 1. The molecule has 3 aromatic rings. The zero-order valence-electron chi connectivity index (χ0n) is 14.5. The molecule has 0 amide bonds. The van der Waals surface area contributed by atoms with Crippen LogP contribution in [0.15, 0.2) is 30.3 Å². The van der Waals surface area contributed by atoms with Gasteiger partial charge in [0.05, 0.1) is 15.8 Å². The van der Waals surface area contributed by atoms with E-state index in [1.165, 1.54) is 11.4 Å². The lowest BCUT2D eigenvalue weighted by atomic mass is 10.1. The molecule has 1 aromatic carbocycles. The highest BCUT2D eigenvalue weighted by atomic mass is 32.1. The lowest BCUT2D eigenvalue weighted by Gasteiger charge is -2.11. The molecule has 0 bridgehead atoms. The van der Waals surface area contributed by atoms with Crippen molar-refractivity contribution in [2.24, 2.45) is 5.92 Å². The van der Waals surface area contributed by atoms with Crippen molar-refractivity contribution in [1.82, 2.24) is 9.55 Å². The maximum Gasteiger partial charge on any atom is 0.135 e. The number of nitrogens with zero attached hydrogens (tertiary/aromatic N) is 3. The quantitative estimate of drug-likeness (QED) is 0.596. The monoisotopic (exact) mass is 335 g/mol. The number of aromatic nitrogens is 2. The van der Waals surface area contributed by atoms with E-state index in [0.29, 0.717) is 11.5 Å². The first-order valence-electron chi connectivity index (χ1n) is 8.14. The van der Waals surface area contributed by atoms with Gasteiger partial charge >= 0.3 is 0 Å². The predicted octanol–water partition coefficient (Wildman–Crippen LogP) is 5.43. The van der Waals surface area contributed by atoms with Crippen LogP contribution in [0.25, 0.3) is 21.9 Å². The van der Waals surface area contributed by atoms with Crippen molar-refractivity contribution < 1.29 is 0 Å². The van der Waals surface area contributed by atoms with Crippen LogP contribution in [-0.2, 0) is 6.54 Å². The summed E-state index contributed by atoms with van der Waals surface area (Å²) in [5.74, 6) is 0.589. The van der Waals surface area contributed by atoms with Crippen LogP contribution in [0.3, 0.4) is 0 Å². The minimum atomic E-state index is 0.589. The second-order valence-electron chi connectivity index (χ2n) is 6.49. The molecule has 2 aromatic heterocycles. The SMILES string of the molecule is Cc1cc(/C=C(\C#N)c2nc3ccccc3s2)c(C)n1CC(C)C. The third kappa shape index (κ3) is 3.13. The third-order valence-corrected chi connectivity index (χ3v) is 5.17. The number of benzene rings is 1. The number of fused-ring (bicyclic) bond motifs is 1. The summed E-state index contributed by atoms with van der Waals surface area (Å²) in [6.07, 6.45) is 1.97. The first-order chi connectivity index (χ1) is 11.5. The zero-order valence-corrected chi connectivity index (χ0v) is 15.3. The molecule has 0 saturated carbocycles. The molecule has 0 radical (unpaired) electrons. The average molecular weight is 335 g/mol. The number of aryl methyl sites for hydroxylation is 1. The van der Waals surface area contributed by atoms with E-state index in [4.69, 9.17) is 0 Å². The normalized spacial score (nSPS) is 12.1. The number of nitriles is 1.